The van der Waals surface area contributed by atoms with Crippen molar-refractivity contribution in [1.82, 2.24) is 4.98 Å². The zero-order valence-electron chi connectivity index (χ0n) is 14.6. The molecule has 1 N–H and O–H groups in total. The van der Waals surface area contributed by atoms with Crippen LogP contribution < -0.4 is 0 Å². The minimum Gasteiger partial charge on any atom is -0.355 e. The summed E-state index contributed by atoms with van der Waals surface area (Å²) in [5, 5.41) is 2.50. The van der Waals surface area contributed by atoms with Gasteiger partial charge in [0.1, 0.15) is 0 Å². The van der Waals surface area contributed by atoms with E-state index in [1.54, 1.807) is 0 Å². The van der Waals surface area contributed by atoms with Gasteiger partial charge in [-0.15, -0.1) is 0 Å². The first kappa shape index (κ1) is 15.5. The van der Waals surface area contributed by atoms with Gasteiger partial charge in [0.05, 0.1) is 0 Å². The Morgan fingerprint density at radius 2 is 1.48 bits per heavy atom. The molecule has 3 aromatic carbocycles. The molecule has 122 valence electrons. The van der Waals surface area contributed by atoms with Crippen LogP contribution in [-0.2, 0) is 0 Å². The van der Waals surface area contributed by atoms with Crippen LogP contribution in [0.5, 0.6) is 0 Å². The van der Waals surface area contributed by atoms with Gasteiger partial charge in [0, 0.05) is 21.8 Å². The smallest absolute Gasteiger partial charge is 0.0465 e. The Labute approximate surface area is 148 Å². The van der Waals surface area contributed by atoms with Crippen molar-refractivity contribution < 1.29 is 0 Å². The van der Waals surface area contributed by atoms with E-state index in [0.717, 1.165) is 16.7 Å². The summed E-state index contributed by atoms with van der Waals surface area (Å²) in [5.74, 6) is 0. The highest BCUT2D eigenvalue weighted by Crippen LogP contribution is 2.32. The molecule has 0 unspecified atom stereocenters. The van der Waals surface area contributed by atoms with Crippen molar-refractivity contribution in [2.45, 2.75) is 13.8 Å². The first-order valence-electron chi connectivity index (χ1n) is 8.60. The van der Waals surface area contributed by atoms with Gasteiger partial charge in [-0.3, -0.25) is 0 Å². The fourth-order valence-corrected chi connectivity index (χ4v) is 3.32. The number of hydrogen-bond donors (Lipinski definition) is 1. The predicted octanol–water partition coefficient (Wildman–Crippen LogP) is 6.89. The van der Waals surface area contributed by atoms with E-state index >= 15 is 0 Å². The lowest BCUT2D eigenvalue weighted by molar-refractivity contribution is 1.47. The van der Waals surface area contributed by atoms with Crippen molar-refractivity contribution in [3.05, 3.63) is 90.5 Å². The maximum Gasteiger partial charge on any atom is 0.0465 e. The normalized spacial score (nSPS) is 11.6. The molecular weight excluding hydrogens is 302 g/mol. The maximum atomic E-state index is 4.16. The lowest BCUT2D eigenvalue weighted by Crippen LogP contribution is -1.80. The number of aromatic nitrogens is 1. The molecule has 25 heavy (non-hydrogen) atoms. The van der Waals surface area contributed by atoms with Gasteiger partial charge in [0.25, 0.3) is 0 Å². The van der Waals surface area contributed by atoms with Crippen LogP contribution in [0.3, 0.4) is 0 Å². The van der Waals surface area contributed by atoms with Crippen molar-refractivity contribution in [3.8, 4) is 11.1 Å². The number of allylic oxidation sites excluding steroid dienone is 3. The molecule has 1 aromatic heterocycles. The average molecular weight is 323 g/mol. The quantitative estimate of drug-likeness (QED) is 0.395. The largest absolute Gasteiger partial charge is 0.355 e. The van der Waals surface area contributed by atoms with Crippen LogP contribution in [0, 0.1) is 6.92 Å². The monoisotopic (exact) mass is 323 g/mol. The Morgan fingerprint density at radius 1 is 0.840 bits per heavy atom. The SMILES string of the molecule is C=C(C=CC)c1ccc2[nH]c3ccc(-c4ccc(C)cc4)cc3c2c1. The average Bonchev–Trinajstić information content (AvgIpc) is 2.99. The van der Waals surface area contributed by atoms with E-state index in [2.05, 4.69) is 79.2 Å². The number of rotatable bonds is 3. The van der Waals surface area contributed by atoms with Gasteiger partial charge < -0.3 is 4.98 Å². The Hall–Kier alpha value is -3.06. The van der Waals surface area contributed by atoms with Crippen LogP contribution in [0.1, 0.15) is 18.1 Å². The van der Waals surface area contributed by atoms with Crippen LogP contribution in [0.2, 0.25) is 0 Å². The zero-order valence-corrected chi connectivity index (χ0v) is 14.6. The second-order valence-electron chi connectivity index (χ2n) is 6.54. The van der Waals surface area contributed by atoms with Crippen molar-refractivity contribution in [3.63, 3.8) is 0 Å². The van der Waals surface area contributed by atoms with Crippen molar-refractivity contribution in [2.75, 3.05) is 0 Å². The summed E-state index contributed by atoms with van der Waals surface area (Å²) in [4.78, 5) is 3.52. The fraction of sp³-hybridized carbons (Fsp3) is 0.0833. The molecule has 0 aliphatic heterocycles. The molecule has 0 atom stereocenters. The van der Waals surface area contributed by atoms with E-state index in [4.69, 9.17) is 0 Å². The Morgan fingerprint density at radius 3 is 2.20 bits per heavy atom. The highest BCUT2D eigenvalue weighted by Gasteiger charge is 2.08. The van der Waals surface area contributed by atoms with Crippen molar-refractivity contribution in [1.29, 1.82) is 0 Å². The first-order chi connectivity index (χ1) is 12.2. The molecule has 0 amide bonds. The summed E-state index contributed by atoms with van der Waals surface area (Å²) in [6, 6.07) is 21.8. The van der Waals surface area contributed by atoms with Gasteiger partial charge in [0.2, 0.25) is 0 Å². The molecule has 0 aliphatic carbocycles. The van der Waals surface area contributed by atoms with E-state index < -0.39 is 0 Å². The Kier molecular flexibility index (Phi) is 3.77. The van der Waals surface area contributed by atoms with Crippen LogP contribution in [0.15, 0.2) is 79.4 Å². The summed E-state index contributed by atoms with van der Waals surface area (Å²) in [7, 11) is 0. The number of fused-ring (bicyclic) bond motifs is 3. The number of benzene rings is 3. The molecule has 0 saturated carbocycles. The molecule has 0 bridgehead atoms. The predicted molar refractivity (Wildman–Crippen MR) is 110 cm³/mol. The summed E-state index contributed by atoms with van der Waals surface area (Å²) in [6.07, 6.45) is 4.07. The molecule has 4 aromatic rings. The van der Waals surface area contributed by atoms with Gasteiger partial charge in [-0.05, 0) is 60.4 Å². The first-order valence-corrected chi connectivity index (χ1v) is 8.60. The van der Waals surface area contributed by atoms with Crippen LogP contribution in [0.4, 0.5) is 0 Å². The number of hydrogen-bond acceptors (Lipinski definition) is 0. The third-order valence-corrected chi connectivity index (χ3v) is 4.72. The van der Waals surface area contributed by atoms with E-state index in [-0.39, 0.29) is 0 Å². The molecule has 1 nitrogen and oxygen atoms in total. The third-order valence-electron chi connectivity index (χ3n) is 4.72. The van der Waals surface area contributed by atoms with Crippen molar-refractivity contribution in [2.24, 2.45) is 0 Å². The lowest BCUT2D eigenvalue weighted by Gasteiger charge is -2.04. The van der Waals surface area contributed by atoms with E-state index in [1.807, 2.05) is 19.1 Å². The van der Waals surface area contributed by atoms with Crippen LogP contribution in [-0.4, -0.2) is 4.98 Å². The third kappa shape index (κ3) is 2.78. The minimum absolute atomic E-state index is 1.04. The maximum absolute atomic E-state index is 4.16. The number of nitrogens with one attached hydrogen (secondary N) is 1. The molecule has 1 heterocycles. The van der Waals surface area contributed by atoms with Crippen LogP contribution in [0.25, 0.3) is 38.5 Å². The molecule has 1 heteroatoms. The van der Waals surface area contributed by atoms with Gasteiger partial charge in [-0.2, -0.15) is 0 Å². The van der Waals surface area contributed by atoms with Gasteiger partial charge in [-0.1, -0.05) is 60.7 Å². The van der Waals surface area contributed by atoms with Crippen LogP contribution >= 0.6 is 0 Å². The molecule has 0 aliphatic rings. The molecule has 0 saturated heterocycles. The molecular formula is C24H21N. The zero-order chi connectivity index (χ0) is 17.4. The second-order valence-corrected chi connectivity index (χ2v) is 6.54. The van der Waals surface area contributed by atoms with Crippen molar-refractivity contribution >= 4 is 27.4 Å². The highest BCUT2D eigenvalue weighted by molar-refractivity contribution is 6.09. The molecule has 0 fully saturated rings. The van der Waals surface area contributed by atoms with Gasteiger partial charge in [-0.25, -0.2) is 0 Å². The highest BCUT2D eigenvalue weighted by atomic mass is 14.7. The number of H-pyrrole nitrogens is 1. The standard InChI is InChI=1S/C24H21N/c1-4-5-17(3)19-10-12-23-21(14-19)22-15-20(11-13-24(22)25-23)18-8-6-16(2)7-9-18/h4-15,25H,3H2,1-2H3. The molecule has 0 radical (unpaired) electrons. The van der Waals surface area contributed by atoms with E-state index in [1.165, 1.54) is 33.0 Å². The summed E-state index contributed by atoms with van der Waals surface area (Å²) >= 11 is 0. The second kappa shape index (κ2) is 6.10. The molecule has 4 rings (SSSR count). The van der Waals surface area contributed by atoms with Gasteiger partial charge >= 0.3 is 0 Å². The Balaban J connectivity index is 1.90. The Bertz CT molecular complexity index is 1110. The molecule has 0 spiro atoms. The lowest BCUT2D eigenvalue weighted by atomic mass is 10.00. The fourth-order valence-electron chi connectivity index (χ4n) is 3.32. The minimum atomic E-state index is 1.04. The van der Waals surface area contributed by atoms with E-state index in [9.17, 15) is 0 Å². The summed E-state index contributed by atoms with van der Waals surface area (Å²) in [5.41, 5.74) is 8.29. The summed E-state index contributed by atoms with van der Waals surface area (Å²) < 4.78 is 0. The number of aryl methyl sites for hydroxylation is 1. The van der Waals surface area contributed by atoms with E-state index in [0.29, 0.717) is 0 Å². The topological polar surface area (TPSA) is 15.8 Å². The number of aromatic amines is 1. The summed E-state index contributed by atoms with van der Waals surface area (Å²) in [6.45, 7) is 8.30. The van der Waals surface area contributed by atoms with Gasteiger partial charge in [0.15, 0.2) is 0 Å².